The van der Waals surface area contributed by atoms with Gasteiger partial charge in [-0.05, 0) is 31.2 Å². The van der Waals surface area contributed by atoms with E-state index in [9.17, 15) is 4.79 Å². The molecule has 0 radical (unpaired) electrons. The number of amides is 1. The number of imidazole rings is 1. The third-order valence-electron chi connectivity index (χ3n) is 5.96. The van der Waals surface area contributed by atoms with E-state index in [1.165, 1.54) is 5.56 Å². The summed E-state index contributed by atoms with van der Waals surface area (Å²) in [7, 11) is 0. The Kier molecular flexibility index (Phi) is 3.90. The number of nitrogens with zero attached hydrogens (tertiary/aromatic N) is 4. The van der Waals surface area contributed by atoms with Gasteiger partial charge >= 0.3 is 0 Å². The number of hydrogen-bond acceptors (Lipinski definition) is 3. The van der Waals surface area contributed by atoms with Gasteiger partial charge in [-0.1, -0.05) is 60.2 Å². The predicted octanol–water partition coefficient (Wildman–Crippen LogP) is 5.22. The molecule has 31 heavy (non-hydrogen) atoms. The van der Waals surface area contributed by atoms with Gasteiger partial charge in [-0.15, -0.1) is 0 Å². The van der Waals surface area contributed by atoms with E-state index in [1.54, 1.807) is 4.90 Å². The first-order chi connectivity index (χ1) is 15.2. The highest BCUT2D eigenvalue weighted by Gasteiger charge is 2.30. The lowest BCUT2D eigenvalue weighted by Crippen LogP contribution is -2.29. The molecule has 0 bridgehead atoms. The fraction of sp³-hybridized carbons (Fsp3) is 0.115. The molecule has 5 nitrogen and oxygen atoms in total. The van der Waals surface area contributed by atoms with Gasteiger partial charge in [0, 0.05) is 24.0 Å². The minimum absolute atomic E-state index is 0.0407. The number of aromatic nitrogens is 3. The molecular weight excluding hydrogens is 384 g/mol. The van der Waals surface area contributed by atoms with E-state index >= 15 is 0 Å². The highest BCUT2D eigenvalue weighted by Crippen LogP contribution is 2.31. The average molecular weight is 404 g/mol. The number of carbonyl (C=O) groups is 1. The number of hydrogen-bond donors (Lipinski definition) is 0. The van der Waals surface area contributed by atoms with Crippen molar-refractivity contribution in [3.63, 3.8) is 0 Å². The molecule has 1 aliphatic heterocycles. The second-order valence-corrected chi connectivity index (χ2v) is 7.95. The lowest BCUT2D eigenvalue weighted by atomic mass is 10.0. The van der Waals surface area contributed by atoms with E-state index in [0.29, 0.717) is 18.1 Å². The molecule has 6 rings (SSSR count). The van der Waals surface area contributed by atoms with E-state index in [0.717, 1.165) is 39.7 Å². The predicted molar refractivity (Wildman–Crippen MR) is 123 cm³/mol. The average Bonchev–Trinajstić information content (AvgIpc) is 3.38. The normalized spacial score (nSPS) is 13.1. The zero-order chi connectivity index (χ0) is 20.9. The van der Waals surface area contributed by atoms with Gasteiger partial charge in [0.25, 0.3) is 5.91 Å². The standard InChI is InChI=1S/C26H20N4O/c1-17-10-12-18(13-11-17)23-16-20(19-6-2-3-7-21(19)27-23)25(31)30-15-14-29-24-9-5-4-8-22(24)28-26(29)30/h2-13,16H,14-15H2,1H3. The molecule has 1 aliphatic rings. The van der Waals surface area contributed by atoms with Crippen molar-refractivity contribution in [1.82, 2.24) is 14.5 Å². The molecule has 3 aromatic carbocycles. The minimum Gasteiger partial charge on any atom is -0.308 e. The zero-order valence-electron chi connectivity index (χ0n) is 17.1. The Balaban J connectivity index is 1.50. The Labute approximate surface area is 179 Å². The quantitative estimate of drug-likeness (QED) is 0.405. The third kappa shape index (κ3) is 2.81. The van der Waals surface area contributed by atoms with Gasteiger partial charge in [0.15, 0.2) is 0 Å². The Hall–Kier alpha value is -3.99. The molecule has 0 saturated heterocycles. The molecule has 0 aliphatic carbocycles. The number of benzene rings is 3. The summed E-state index contributed by atoms with van der Waals surface area (Å²) in [5.74, 6) is 0.671. The van der Waals surface area contributed by atoms with Crippen LogP contribution in [0.1, 0.15) is 15.9 Å². The summed E-state index contributed by atoms with van der Waals surface area (Å²) in [5.41, 5.74) is 6.44. The molecule has 0 N–H and O–H groups in total. The molecule has 0 saturated carbocycles. The van der Waals surface area contributed by atoms with Crippen LogP contribution in [0.3, 0.4) is 0 Å². The van der Waals surface area contributed by atoms with Crippen LogP contribution in [0.25, 0.3) is 33.2 Å². The number of anilines is 1. The third-order valence-corrected chi connectivity index (χ3v) is 5.96. The molecule has 0 unspecified atom stereocenters. The largest absolute Gasteiger partial charge is 0.308 e. The molecular formula is C26H20N4O. The number of fused-ring (bicyclic) bond motifs is 4. The van der Waals surface area contributed by atoms with Crippen LogP contribution in [0.15, 0.2) is 78.9 Å². The van der Waals surface area contributed by atoms with E-state index in [1.807, 2.05) is 48.5 Å². The lowest BCUT2D eigenvalue weighted by Gasteiger charge is -2.16. The number of carbonyl (C=O) groups excluding carboxylic acids is 1. The molecule has 1 amide bonds. The van der Waals surface area contributed by atoms with Gasteiger partial charge < -0.3 is 4.57 Å². The first kappa shape index (κ1) is 17.8. The molecule has 5 aromatic rings. The molecule has 150 valence electrons. The maximum Gasteiger partial charge on any atom is 0.261 e. The Morgan fingerprint density at radius 2 is 1.58 bits per heavy atom. The van der Waals surface area contributed by atoms with Crippen LogP contribution in [-0.2, 0) is 6.54 Å². The van der Waals surface area contributed by atoms with Crippen LogP contribution >= 0.6 is 0 Å². The summed E-state index contributed by atoms with van der Waals surface area (Å²) >= 11 is 0. The molecule has 5 heteroatoms. The van der Waals surface area contributed by atoms with Gasteiger partial charge in [0.2, 0.25) is 5.95 Å². The topological polar surface area (TPSA) is 51.0 Å². The Morgan fingerprint density at radius 1 is 0.839 bits per heavy atom. The Morgan fingerprint density at radius 3 is 2.42 bits per heavy atom. The number of para-hydroxylation sites is 3. The summed E-state index contributed by atoms with van der Waals surface area (Å²) in [4.78, 5) is 25.2. The van der Waals surface area contributed by atoms with Gasteiger partial charge in [-0.25, -0.2) is 9.97 Å². The molecule has 3 heterocycles. The molecule has 0 spiro atoms. The van der Waals surface area contributed by atoms with Crippen LogP contribution < -0.4 is 4.90 Å². The van der Waals surface area contributed by atoms with Crippen molar-refractivity contribution in [3.8, 4) is 11.3 Å². The second-order valence-electron chi connectivity index (χ2n) is 7.95. The minimum atomic E-state index is -0.0407. The van der Waals surface area contributed by atoms with Crippen molar-refractivity contribution in [2.75, 3.05) is 11.4 Å². The maximum absolute atomic E-state index is 13.8. The van der Waals surface area contributed by atoms with Crippen molar-refractivity contribution >= 4 is 33.8 Å². The van der Waals surface area contributed by atoms with Crippen LogP contribution in [0.4, 0.5) is 5.95 Å². The van der Waals surface area contributed by atoms with Crippen molar-refractivity contribution in [3.05, 3.63) is 90.0 Å². The van der Waals surface area contributed by atoms with E-state index < -0.39 is 0 Å². The van der Waals surface area contributed by atoms with Crippen LogP contribution in [-0.4, -0.2) is 27.0 Å². The Bertz CT molecular complexity index is 1470. The SMILES string of the molecule is Cc1ccc(-c2cc(C(=O)N3CCn4c3nc3ccccc34)c3ccccc3n2)cc1. The van der Waals surface area contributed by atoms with Crippen molar-refractivity contribution in [1.29, 1.82) is 0 Å². The summed E-state index contributed by atoms with van der Waals surface area (Å²) in [6, 6.07) is 26.0. The second kappa shape index (κ2) is 6.77. The monoisotopic (exact) mass is 404 g/mol. The highest BCUT2D eigenvalue weighted by atomic mass is 16.2. The summed E-state index contributed by atoms with van der Waals surface area (Å²) in [6.45, 7) is 3.42. The van der Waals surface area contributed by atoms with Gasteiger partial charge in [-0.3, -0.25) is 9.69 Å². The van der Waals surface area contributed by atoms with E-state index in [4.69, 9.17) is 9.97 Å². The summed E-state index contributed by atoms with van der Waals surface area (Å²) < 4.78 is 2.12. The van der Waals surface area contributed by atoms with Crippen molar-refractivity contribution in [2.24, 2.45) is 0 Å². The fourth-order valence-electron chi connectivity index (χ4n) is 4.35. The van der Waals surface area contributed by atoms with E-state index in [2.05, 4.69) is 41.8 Å². The lowest BCUT2D eigenvalue weighted by molar-refractivity contribution is 0.0990. The van der Waals surface area contributed by atoms with Crippen molar-refractivity contribution < 1.29 is 4.79 Å². The molecule has 2 aromatic heterocycles. The smallest absolute Gasteiger partial charge is 0.261 e. The first-order valence-electron chi connectivity index (χ1n) is 10.4. The van der Waals surface area contributed by atoms with Crippen LogP contribution in [0.2, 0.25) is 0 Å². The number of pyridine rings is 1. The van der Waals surface area contributed by atoms with Gasteiger partial charge in [-0.2, -0.15) is 0 Å². The van der Waals surface area contributed by atoms with Gasteiger partial charge in [0.05, 0.1) is 27.8 Å². The fourth-order valence-corrected chi connectivity index (χ4v) is 4.35. The first-order valence-corrected chi connectivity index (χ1v) is 10.4. The van der Waals surface area contributed by atoms with Crippen LogP contribution in [0, 0.1) is 6.92 Å². The number of rotatable bonds is 2. The molecule has 0 fully saturated rings. The highest BCUT2D eigenvalue weighted by molar-refractivity contribution is 6.14. The maximum atomic E-state index is 13.8. The zero-order valence-corrected chi connectivity index (χ0v) is 17.1. The van der Waals surface area contributed by atoms with E-state index in [-0.39, 0.29) is 5.91 Å². The number of aryl methyl sites for hydroxylation is 1. The summed E-state index contributed by atoms with van der Waals surface area (Å²) in [6.07, 6.45) is 0. The summed E-state index contributed by atoms with van der Waals surface area (Å²) in [5, 5.41) is 0.859. The molecule has 0 atom stereocenters. The van der Waals surface area contributed by atoms with Crippen LogP contribution in [0.5, 0.6) is 0 Å². The van der Waals surface area contributed by atoms with Gasteiger partial charge in [0.1, 0.15) is 0 Å². The van der Waals surface area contributed by atoms with Crippen molar-refractivity contribution in [2.45, 2.75) is 13.5 Å².